The van der Waals surface area contributed by atoms with E-state index in [-0.39, 0.29) is 17.6 Å². The second-order valence-electron chi connectivity index (χ2n) is 6.71. The number of amides is 1. The quantitative estimate of drug-likeness (QED) is 0.774. The van der Waals surface area contributed by atoms with Gasteiger partial charge in [-0.3, -0.25) is 9.78 Å². The SMILES string of the molecule is CCCC(=O)N1CC2(C1)[C@H](COCc1ccccn1)CCS2(=O)=O. The Morgan fingerprint density at radius 1 is 1.42 bits per heavy atom. The Morgan fingerprint density at radius 3 is 2.88 bits per heavy atom. The van der Waals surface area contributed by atoms with E-state index in [0.29, 0.717) is 39.1 Å². The van der Waals surface area contributed by atoms with E-state index in [4.69, 9.17) is 4.74 Å². The molecule has 0 radical (unpaired) electrons. The second-order valence-corrected chi connectivity index (χ2v) is 9.16. The smallest absolute Gasteiger partial charge is 0.222 e. The molecule has 0 unspecified atom stereocenters. The van der Waals surface area contributed by atoms with E-state index in [0.717, 1.165) is 12.1 Å². The van der Waals surface area contributed by atoms with Gasteiger partial charge in [-0.15, -0.1) is 0 Å². The molecule has 0 saturated carbocycles. The van der Waals surface area contributed by atoms with Gasteiger partial charge in [0.1, 0.15) is 4.75 Å². The van der Waals surface area contributed by atoms with Crippen LogP contribution in [0.25, 0.3) is 0 Å². The lowest BCUT2D eigenvalue weighted by molar-refractivity contribution is -0.138. The maximum Gasteiger partial charge on any atom is 0.222 e. The summed E-state index contributed by atoms with van der Waals surface area (Å²) in [4.78, 5) is 17.9. The highest BCUT2D eigenvalue weighted by Gasteiger charge is 2.62. The average Bonchev–Trinajstić information content (AvgIpc) is 2.78. The molecule has 1 spiro atoms. The van der Waals surface area contributed by atoms with Gasteiger partial charge >= 0.3 is 0 Å². The molecule has 2 aliphatic heterocycles. The molecule has 24 heavy (non-hydrogen) atoms. The molecule has 2 fully saturated rings. The van der Waals surface area contributed by atoms with Gasteiger partial charge in [0.2, 0.25) is 5.91 Å². The van der Waals surface area contributed by atoms with Crippen LogP contribution < -0.4 is 0 Å². The van der Waals surface area contributed by atoms with Gasteiger partial charge in [-0.1, -0.05) is 13.0 Å². The number of carbonyl (C=O) groups is 1. The molecule has 3 rings (SSSR count). The molecule has 0 aliphatic carbocycles. The summed E-state index contributed by atoms with van der Waals surface area (Å²) in [6.45, 7) is 3.38. The van der Waals surface area contributed by atoms with Crippen molar-refractivity contribution in [3.63, 3.8) is 0 Å². The summed E-state index contributed by atoms with van der Waals surface area (Å²) in [5, 5.41) is 0. The molecule has 0 bridgehead atoms. The van der Waals surface area contributed by atoms with Crippen LogP contribution in [0, 0.1) is 5.92 Å². The summed E-state index contributed by atoms with van der Waals surface area (Å²) >= 11 is 0. The third-order valence-electron chi connectivity index (χ3n) is 5.13. The predicted molar refractivity (Wildman–Crippen MR) is 90.0 cm³/mol. The number of ether oxygens (including phenoxy) is 1. The summed E-state index contributed by atoms with van der Waals surface area (Å²) in [6.07, 6.45) is 3.59. The summed E-state index contributed by atoms with van der Waals surface area (Å²) in [6, 6.07) is 5.63. The van der Waals surface area contributed by atoms with Gasteiger partial charge in [-0.05, 0) is 25.0 Å². The summed E-state index contributed by atoms with van der Waals surface area (Å²) in [5.74, 6) is 0.204. The zero-order valence-electron chi connectivity index (χ0n) is 14.0. The van der Waals surface area contributed by atoms with Gasteiger partial charge in [0.15, 0.2) is 9.84 Å². The number of pyridine rings is 1. The lowest BCUT2D eigenvalue weighted by Crippen LogP contribution is -2.68. The van der Waals surface area contributed by atoms with E-state index in [2.05, 4.69) is 4.98 Å². The Balaban J connectivity index is 1.60. The van der Waals surface area contributed by atoms with Crippen molar-refractivity contribution in [3.8, 4) is 0 Å². The Labute approximate surface area is 143 Å². The zero-order chi connectivity index (χ0) is 17.2. The fourth-order valence-corrected chi connectivity index (χ4v) is 6.05. The fourth-order valence-electron chi connectivity index (χ4n) is 3.65. The molecule has 7 heteroatoms. The standard InChI is InChI=1S/C17H24N2O4S/c1-2-5-16(20)19-12-17(13-19)14(7-9-24(17,21)22)10-23-11-15-6-3-4-8-18-15/h3-4,6,8,14H,2,5,7,9-13H2,1H3/t14-/m0/s1. The van der Waals surface area contributed by atoms with Crippen molar-refractivity contribution >= 4 is 15.7 Å². The first-order valence-corrected chi connectivity index (χ1v) is 10.1. The predicted octanol–water partition coefficient (Wildman–Crippen LogP) is 1.41. The van der Waals surface area contributed by atoms with E-state index >= 15 is 0 Å². The van der Waals surface area contributed by atoms with Crippen LogP contribution in [0.3, 0.4) is 0 Å². The molecule has 1 aromatic heterocycles. The Morgan fingerprint density at radius 2 is 2.21 bits per heavy atom. The summed E-state index contributed by atoms with van der Waals surface area (Å²) in [7, 11) is -3.16. The van der Waals surface area contributed by atoms with E-state index in [1.54, 1.807) is 11.1 Å². The van der Waals surface area contributed by atoms with Crippen molar-refractivity contribution in [3.05, 3.63) is 30.1 Å². The lowest BCUT2D eigenvalue weighted by atomic mass is 9.83. The van der Waals surface area contributed by atoms with Gasteiger partial charge in [-0.25, -0.2) is 8.42 Å². The summed E-state index contributed by atoms with van der Waals surface area (Å²) < 4.78 is 30.0. The van der Waals surface area contributed by atoms with Crippen LogP contribution in [0.5, 0.6) is 0 Å². The summed E-state index contributed by atoms with van der Waals surface area (Å²) in [5.41, 5.74) is 0.834. The number of nitrogens with zero attached hydrogens (tertiary/aromatic N) is 2. The zero-order valence-corrected chi connectivity index (χ0v) is 14.8. The Bertz CT molecular complexity index is 684. The molecular weight excluding hydrogens is 328 g/mol. The van der Waals surface area contributed by atoms with Crippen LogP contribution in [0.4, 0.5) is 0 Å². The van der Waals surface area contributed by atoms with Crippen molar-refractivity contribution in [1.29, 1.82) is 0 Å². The van der Waals surface area contributed by atoms with Crippen molar-refractivity contribution < 1.29 is 17.9 Å². The van der Waals surface area contributed by atoms with Crippen molar-refractivity contribution in [2.75, 3.05) is 25.4 Å². The highest BCUT2D eigenvalue weighted by Crippen LogP contribution is 2.45. The highest BCUT2D eigenvalue weighted by atomic mass is 32.2. The lowest BCUT2D eigenvalue weighted by Gasteiger charge is -2.50. The van der Waals surface area contributed by atoms with Crippen molar-refractivity contribution in [1.82, 2.24) is 9.88 Å². The Hall–Kier alpha value is -1.47. The molecule has 2 saturated heterocycles. The topological polar surface area (TPSA) is 76.6 Å². The van der Waals surface area contributed by atoms with E-state index in [1.807, 2.05) is 25.1 Å². The minimum absolute atomic E-state index is 0.0445. The van der Waals surface area contributed by atoms with Crippen LogP contribution in [0.1, 0.15) is 31.9 Å². The Kier molecular flexibility index (Phi) is 4.92. The third kappa shape index (κ3) is 3.07. The van der Waals surface area contributed by atoms with Gasteiger partial charge in [0.05, 0.1) is 24.7 Å². The highest BCUT2D eigenvalue weighted by molar-refractivity contribution is 7.93. The second kappa shape index (κ2) is 6.80. The average molecular weight is 352 g/mol. The van der Waals surface area contributed by atoms with Crippen LogP contribution in [0.15, 0.2) is 24.4 Å². The molecule has 3 heterocycles. The van der Waals surface area contributed by atoms with Gasteiger partial charge in [-0.2, -0.15) is 0 Å². The minimum atomic E-state index is -3.16. The molecule has 1 aromatic rings. The van der Waals surface area contributed by atoms with E-state index in [1.165, 1.54) is 0 Å². The number of rotatable bonds is 6. The van der Waals surface area contributed by atoms with Gasteiger partial charge in [0, 0.05) is 31.6 Å². The molecule has 132 valence electrons. The van der Waals surface area contributed by atoms with Gasteiger partial charge in [0.25, 0.3) is 0 Å². The largest absolute Gasteiger partial charge is 0.375 e. The molecule has 2 aliphatic rings. The first-order valence-electron chi connectivity index (χ1n) is 8.46. The molecule has 0 aromatic carbocycles. The first-order chi connectivity index (χ1) is 11.5. The first kappa shape index (κ1) is 17.4. The van der Waals surface area contributed by atoms with Crippen LogP contribution in [-0.2, 0) is 26.0 Å². The molecular formula is C17H24N2O4S. The van der Waals surface area contributed by atoms with Crippen LogP contribution >= 0.6 is 0 Å². The van der Waals surface area contributed by atoms with Crippen LogP contribution in [0.2, 0.25) is 0 Å². The maximum absolute atomic E-state index is 12.5. The monoisotopic (exact) mass is 352 g/mol. The molecule has 0 N–H and O–H groups in total. The molecule has 1 amide bonds. The normalized spacial score (nSPS) is 24.0. The number of sulfone groups is 1. The minimum Gasteiger partial charge on any atom is -0.375 e. The molecule has 6 nitrogen and oxygen atoms in total. The van der Waals surface area contributed by atoms with E-state index < -0.39 is 14.6 Å². The molecule has 1 atom stereocenters. The maximum atomic E-state index is 12.5. The fraction of sp³-hybridized carbons (Fsp3) is 0.647. The van der Waals surface area contributed by atoms with Gasteiger partial charge < -0.3 is 9.64 Å². The van der Waals surface area contributed by atoms with Crippen LogP contribution in [-0.4, -0.2) is 54.4 Å². The number of likely N-dealkylation sites (tertiary alicyclic amines) is 1. The van der Waals surface area contributed by atoms with Crippen molar-refractivity contribution in [2.24, 2.45) is 5.92 Å². The number of hydrogen-bond acceptors (Lipinski definition) is 5. The van der Waals surface area contributed by atoms with Crippen molar-refractivity contribution in [2.45, 2.75) is 37.5 Å². The number of aromatic nitrogens is 1. The number of carbonyl (C=O) groups excluding carboxylic acids is 1. The third-order valence-corrected chi connectivity index (χ3v) is 7.73. The number of hydrogen-bond donors (Lipinski definition) is 0. The van der Waals surface area contributed by atoms with E-state index in [9.17, 15) is 13.2 Å².